The van der Waals surface area contributed by atoms with Crippen molar-refractivity contribution in [3.05, 3.63) is 41.5 Å². The molecule has 1 amide bonds. The van der Waals surface area contributed by atoms with Crippen LogP contribution in [0.15, 0.2) is 35.9 Å². The van der Waals surface area contributed by atoms with E-state index in [0.29, 0.717) is 6.04 Å². The molecule has 90 valence electrons. The summed E-state index contributed by atoms with van der Waals surface area (Å²) < 4.78 is 0. The van der Waals surface area contributed by atoms with Gasteiger partial charge in [0.15, 0.2) is 0 Å². The molecule has 2 rings (SSSR count). The van der Waals surface area contributed by atoms with Crippen LogP contribution in [0.1, 0.15) is 38.2 Å². The van der Waals surface area contributed by atoms with Gasteiger partial charge in [-0.2, -0.15) is 0 Å². The molecule has 0 bridgehead atoms. The maximum atomic E-state index is 11.9. The molecule has 0 spiro atoms. The minimum atomic E-state index is 0.0701. The van der Waals surface area contributed by atoms with Crippen LogP contribution in [0, 0.1) is 0 Å². The minimum Gasteiger partial charge on any atom is -0.350 e. The molecule has 1 fully saturated rings. The Balaban J connectivity index is 1.96. The highest BCUT2D eigenvalue weighted by Crippen LogP contribution is 2.18. The molecule has 0 radical (unpaired) electrons. The SMILES string of the molecule is C/C(=C/c1ccccc1)C(=O)NC1CCCC1. The van der Waals surface area contributed by atoms with Gasteiger partial charge in [-0.1, -0.05) is 43.2 Å². The highest BCUT2D eigenvalue weighted by atomic mass is 16.1. The fourth-order valence-corrected chi connectivity index (χ4v) is 2.23. The summed E-state index contributed by atoms with van der Waals surface area (Å²) in [5.74, 6) is 0.0701. The summed E-state index contributed by atoms with van der Waals surface area (Å²) in [4.78, 5) is 11.9. The zero-order chi connectivity index (χ0) is 12.1. The third-order valence-electron chi connectivity index (χ3n) is 3.23. The maximum absolute atomic E-state index is 11.9. The average molecular weight is 229 g/mol. The number of benzene rings is 1. The van der Waals surface area contributed by atoms with E-state index >= 15 is 0 Å². The summed E-state index contributed by atoms with van der Waals surface area (Å²) >= 11 is 0. The van der Waals surface area contributed by atoms with Gasteiger partial charge in [0.25, 0.3) is 0 Å². The predicted octanol–water partition coefficient (Wildman–Crippen LogP) is 3.15. The first-order valence-electron chi connectivity index (χ1n) is 6.30. The molecule has 1 N–H and O–H groups in total. The molecule has 1 saturated carbocycles. The van der Waals surface area contributed by atoms with Crippen molar-refractivity contribution < 1.29 is 4.79 Å². The largest absolute Gasteiger partial charge is 0.350 e. The van der Waals surface area contributed by atoms with Crippen molar-refractivity contribution in [3.8, 4) is 0 Å². The Bertz CT molecular complexity index is 402. The van der Waals surface area contributed by atoms with E-state index in [1.807, 2.05) is 43.3 Å². The van der Waals surface area contributed by atoms with Gasteiger partial charge in [0.2, 0.25) is 5.91 Å². The number of carbonyl (C=O) groups excluding carboxylic acids is 1. The molecular formula is C15H19NO. The van der Waals surface area contributed by atoms with Crippen LogP contribution < -0.4 is 5.32 Å². The molecule has 0 aliphatic heterocycles. The van der Waals surface area contributed by atoms with Crippen molar-refractivity contribution in [2.24, 2.45) is 0 Å². The van der Waals surface area contributed by atoms with E-state index in [2.05, 4.69) is 5.32 Å². The second kappa shape index (κ2) is 5.67. The lowest BCUT2D eigenvalue weighted by Gasteiger charge is -2.11. The van der Waals surface area contributed by atoms with E-state index in [1.54, 1.807) is 0 Å². The maximum Gasteiger partial charge on any atom is 0.247 e. The summed E-state index contributed by atoms with van der Waals surface area (Å²) in [6.45, 7) is 1.87. The van der Waals surface area contributed by atoms with E-state index in [0.717, 1.165) is 24.0 Å². The second-order valence-electron chi connectivity index (χ2n) is 4.69. The van der Waals surface area contributed by atoms with Crippen LogP contribution in [0.2, 0.25) is 0 Å². The van der Waals surface area contributed by atoms with Gasteiger partial charge >= 0.3 is 0 Å². The third-order valence-corrected chi connectivity index (χ3v) is 3.23. The van der Waals surface area contributed by atoms with Crippen LogP contribution in [-0.4, -0.2) is 11.9 Å². The van der Waals surface area contributed by atoms with Gasteiger partial charge in [-0.05, 0) is 31.4 Å². The van der Waals surface area contributed by atoms with Gasteiger partial charge in [0, 0.05) is 11.6 Å². The van der Waals surface area contributed by atoms with E-state index in [9.17, 15) is 4.79 Å². The average Bonchev–Trinajstić information content (AvgIpc) is 2.83. The summed E-state index contributed by atoms with van der Waals surface area (Å²) in [6.07, 6.45) is 6.68. The van der Waals surface area contributed by atoms with Crippen LogP contribution in [0.3, 0.4) is 0 Å². The quantitative estimate of drug-likeness (QED) is 0.793. The molecule has 0 heterocycles. The first-order chi connectivity index (χ1) is 8.25. The summed E-state index contributed by atoms with van der Waals surface area (Å²) in [6, 6.07) is 10.3. The Hall–Kier alpha value is -1.57. The summed E-state index contributed by atoms with van der Waals surface area (Å²) in [5, 5.41) is 3.09. The van der Waals surface area contributed by atoms with E-state index in [1.165, 1.54) is 12.8 Å². The molecule has 1 aliphatic rings. The smallest absolute Gasteiger partial charge is 0.247 e. The molecule has 0 unspecified atom stereocenters. The van der Waals surface area contributed by atoms with Crippen molar-refractivity contribution in [1.82, 2.24) is 5.32 Å². The molecule has 1 aromatic carbocycles. The zero-order valence-electron chi connectivity index (χ0n) is 10.3. The molecule has 1 aliphatic carbocycles. The molecule has 0 aromatic heterocycles. The number of hydrogen-bond acceptors (Lipinski definition) is 1. The Kier molecular flexibility index (Phi) is 3.97. The summed E-state index contributed by atoms with van der Waals surface area (Å²) in [7, 11) is 0. The van der Waals surface area contributed by atoms with E-state index in [4.69, 9.17) is 0 Å². The Labute approximate surface area is 103 Å². The highest BCUT2D eigenvalue weighted by Gasteiger charge is 2.17. The third kappa shape index (κ3) is 3.45. The van der Waals surface area contributed by atoms with Gasteiger partial charge in [-0.15, -0.1) is 0 Å². The molecular weight excluding hydrogens is 210 g/mol. The monoisotopic (exact) mass is 229 g/mol. The molecule has 0 atom stereocenters. The van der Waals surface area contributed by atoms with Crippen molar-refractivity contribution in [1.29, 1.82) is 0 Å². The number of amides is 1. The topological polar surface area (TPSA) is 29.1 Å². The highest BCUT2D eigenvalue weighted by molar-refractivity contribution is 5.97. The molecule has 0 saturated heterocycles. The van der Waals surface area contributed by atoms with E-state index < -0.39 is 0 Å². The standard InChI is InChI=1S/C15H19NO/c1-12(11-13-7-3-2-4-8-13)15(17)16-14-9-5-6-10-14/h2-4,7-8,11,14H,5-6,9-10H2,1H3,(H,16,17)/b12-11-. The van der Waals surface area contributed by atoms with Crippen molar-refractivity contribution in [2.45, 2.75) is 38.6 Å². The first-order valence-corrected chi connectivity index (χ1v) is 6.30. The van der Waals surface area contributed by atoms with Gasteiger partial charge in [0.05, 0.1) is 0 Å². The molecule has 2 heteroatoms. The van der Waals surface area contributed by atoms with Crippen LogP contribution in [-0.2, 0) is 4.79 Å². The van der Waals surface area contributed by atoms with Crippen molar-refractivity contribution in [2.75, 3.05) is 0 Å². The Morgan fingerprint density at radius 2 is 1.88 bits per heavy atom. The lowest BCUT2D eigenvalue weighted by Crippen LogP contribution is -2.33. The van der Waals surface area contributed by atoms with Crippen LogP contribution in [0.5, 0.6) is 0 Å². The number of nitrogens with one attached hydrogen (secondary N) is 1. The molecule has 17 heavy (non-hydrogen) atoms. The summed E-state index contributed by atoms with van der Waals surface area (Å²) in [5.41, 5.74) is 1.86. The number of hydrogen-bond donors (Lipinski definition) is 1. The Morgan fingerprint density at radius 3 is 2.53 bits per heavy atom. The van der Waals surface area contributed by atoms with Crippen molar-refractivity contribution in [3.63, 3.8) is 0 Å². The van der Waals surface area contributed by atoms with E-state index in [-0.39, 0.29) is 5.91 Å². The lowest BCUT2D eigenvalue weighted by molar-refractivity contribution is -0.118. The minimum absolute atomic E-state index is 0.0701. The fourth-order valence-electron chi connectivity index (χ4n) is 2.23. The molecule has 1 aromatic rings. The zero-order valence-corrected chi connectivity index (χ0v) is 10.3. The van der Waals surface area contributed by atoms with Gasteiger partial charge in [-0.25, -0.2) is 0 Å². The fraction of sp³-hybridized carbons (Fsp3) is 0.400. The van der Waals surface area contributed by atoms with Crippen LogP contribution in [0.25, 0.3) is 6.08 Å². The second-order valence-corrected chi connectivity index (χ2v) is 4.69. The lowest BCUT2D eigenvalue weighted by atomic mass is 10.1. The van der Waals surface area contributed by atoms with Crippen LogP contribution >= 0.6 is 0 Å². The van der Waals surface area contributed by atoms with Gasteiger partial charge in [0.1, 0.15) is 0 Å². The Morgan fingerprint density at radius 1 is 1.24 bits per heavy atom. The van der Waals surface area contributed by atoms with Gasteiger partial charge < -0.3 is 5.32 Å². The number of rotatable bonds is 3. The van der Waals surface area contributed by atoms with Gasteiger partial charge in [-0.3, -0.25) is 4.79 Å². The molecule has 2 nitrogen and oxygen atoms in total. The number of carbonyl (C=O) groups is 1. The van der Waals surface area contributed by atoms with Crippen molar-refractivity contribution >= 4 is 12.0 Å². The predicted molar refractivity (Wildman–Crippen MR) is 70.5 cm³/mol. The van der Waals surface area contributed by atoms with Crippen LogP contribution in [0.4, 0.5) is 0 Å². The first kappa shape index (κ1) is 11.9. The normalized spacial score (nSPS) is 17.1.